The van der Waals surface area contributed by atoms with Crippen molar-refractivity contribution in [2.45, 2.75) is 13.0 Å². The number of hydrogen-bond acceptors (Lipinski definition) is 7. The number of methoxy groups -OCH3 is 1. The Morgan fingerprint density at radius 3 is 2.67 bits per heavy atom. The summed E-state index contributed by atoms with van der Waals surface area (Å²) in [5.74, 6) is 0.0456. The normalized spacial score (nSPS) is 12.0. The highest BCUT2D eigenvalue weighted by atomic mass is 79.9. The van der Waals surface area contributed by atoms with E-state index in [0.717, 1.165) is 0 Å². The van der Waals surface area contributed by atoms with Crippen LogP contribution in [0.1, 0.15) is 18.6 Å². The Morgan fingerprint density at radius 1 is 1.26 bits per heavy atom. The second-order valence-electron chi connectivity index (χ2n) is 5.65. The van der Waals surface area contributed by atoms with E-state index in [1.165, 1.54) is 14.0 Å². The van der Waals surface area contributed by atoms with E-state index in [1.54, 1.807) is 36.4 Å². The van der Waals surface area contributed by atoms with Gasteiger partial charge in [-0.05, 0) is 23.8 Å². The molecule has 0 saturated heterocycles. The van der Waals surface area contributed by atoms with Crippen LogP contribution in [0.15, 0.2) is 45.6 Å². The molecule has 0 aliphatic rings. The smallest absolute Gasteiger partial charge is 0.347 e. The number of ether oxygens (including phenoxy) is 2. The number of rotatable bonds is 5. The van der Waals surface area contributed by atoms with Crippen LogP contribution in [0.5, 0.6) is 11.5 Å². The Kier molecular flexibility index (Phi) is 5.57. The standard InChI is InChI=1S/C19H16BrNO6/c1-10(22)26-14-6-4-3-5-12(14)18-21-17-15(25-2)8-7-11(13(23)9-20)16(17)19(24)27-18/h3-8,13,23H,9H2,1-2H3. The number of carbonyl (C=O) groups is 1. The first-order valence-corrected chi connectivity index (χ1v) is 9.12. The van der Waals surface area contributed by atoms with E-state index in [1.807, 2.05) is 0 Å². The molecule has 0 aliphatic carbocycles. The van der Waals surface area contributed by atoms with Crippen LogP contribution in [0.4, 0.5) is 0 Å². The van der Waals surface area contributed by atoms with Crippen LogP contribution in [-0.2, 0) is 4.79 Å². The third kappa shape index (κ3) is 3.72. The lowest BCUT2D eigenvalue weighted by Gasteiger charge is -2.13. The van der Waals surface area contributed by atoms with E-state index in [4.69, 9.17) is 13.9 Å². The van der Waals surface area contributed by atoms with Gasteiger partial charge in [0, 0.05) is 12.3 Å². The molecule has 0 amide bonds. The number of aliphatic hydroxyl groups is 1. The molecule has 27 heavy (non-hydrogen) atoms. The molecule has 140 valence electrons. The SMILES string of the molecule is COc1ccc(C(O)CBr)c2c(=O)oc(-c3ccccc3OC(C)=O)nc12. The summed E-state index contributed by atoms with van der Waals surface area (Å²) < 4.78 is 15.9. The van der Waals surface area contributed by atoms with E-state index in [0.29, 0.717) is 16.9 Å². The van der Waals surface area contributed by atoms with Gasteiger partial charge in [0.05, 0.1) is 24.2 Å². The fraction of sp³-hybridized carbons (Fsp3) is 0.211. The third-order valence-electron chi connectivity index (χ3n) is 3.88. The number of aliphatic hydroxyl groups excluding tert-OH is 1. The zero-order valence-corrected chi connectivity index (χ0v) is 16.1. The van der Waals surface area contributed by atoms with Gasteiger partial charge >= 0.3 is 11.6 Å². The number of benzene rings is 2. The Bertz CT molecular complexity index is 1060. The molecule has 3 aromatic rings. The summed E-state index contributed by atoms with van der Waals surface area (Å²) in [6.45, 7) is 1.28. The Labute approximate surface area is 162 Å². The van der Waals surface area contributed by atoms with Crippen LogP contribution < -0.4 is 15.1 Å². The minimum absolute atomic E-state index is 0.0202. The maximum Gasteiger partial charge on any atom is 0.347 e. The van der Waals surface area contributed by atoms with Gasteiger partial charge in [-0.1, -0.05) is 34.1 Å². The topological polar surface area (TPSA) is 98.9 Å². The molecule has 0 fully saturated rings. The molecule has 7 nitrogen and oxygen atoms in total. The fourth-order valence-corrected chi connectivity index (χ4v) is 3.05. The third-order valence-corrected chi connectivity index (χ3v) is 4.49. The molecule has 1 N–H and O–H groups in total. The van der Waals surface area contributed by atoms with E-state index >= 15 is 0 Å². The average molecular weight is 434 g/mol. The lowest BCUT2D eigenvalue weighted by Crippen LogP contribution is -2.11. The Morgan fingerprint density at radius 2 is 2.00 bits per heavy atom. The first-order chi connectivity index (χ1) is 13.0. The number of para-hydroxylation sites is 1. The Hall–Kier alpha value is -2.71. The minimum atomic E-state index is -0.915. The van der Waals surface area contributed by atoms with Gasteiger partial charge in [-0.3, -0.25) is 4.79 Å². The van der Waals surface area contributed by atoms with E-state index in [9.17, 15) is 14.7 Å². The van der Waals surface area contributed by atoms with E-state index < -0.39 is 17.7 Å². The van der Waals surface area contributed by atoms with Gasteiger partial charge in [0.15, 0.2) is 0 Å². The van der Waals surface area contributed by atoms with Crippen LogP contribution in [0.3, 0.4) is 0 Å². The van der Waals surface area contributed by atoms with Crippen molar-refractivity contribution in [3.8, 4) is 23.0 Å². The van der Waals surface area contributed by atoms with Crippen LogP contribution in [0.25, 0.3) is 22.4 Å². The second kappa shape index (κ2) is 7.89. The van der Waals surface area contributed by atoms with Gasteiger partial charge in [0.25, 0.3) is 0 Å². The minimum Gasteiger partial charge on any atom is -0.494 e. The summed E-state index contributed by atoms with van der Waals surface area (Å²) >= 11 is 3.20. The summed E-state index contributed by atoms with van der Waals surface area (Å²) in [7, 11) is 1.46. The van der Waals surface area contributed by atoms with Gasteiger partial charge in [0.2, 0.25) is 5.89 Å². The van der Waals surface area contributed by atoms with Crippen molar-refractivity contribution in [1.29, 1.82) is 0 Å². The highest BCUT2D eigenvalue weighted by Gasteiger charge is 2.21. The number of halogens is 1. The average Bonchev–Trinajstić information content (AvgIpc) is 2.66. The summed E-state index contributed by atoms with van der Waals surface area (Å²) in [6.07, 6.45) is -0.915. The van der Waals surface area contributed by atoms with Crippen molar-refractivity contribution in [3.63, 3.8) is 0 Å². The highest BCUT2D eigenvalue weighted by Crippen LogP contribution is 2.33. The van der Waals surface area contributed by atoms with Crippen molar-refractivity contribution >= 4 is 32.8 Å². The van der Waals surface area contributed by atoms with Crippen molar-refractivity contribution in [3.05, 3.63) is 52.4 Å². The van der Waals surface area contributed by atoms with Crippen LogP contribution in [0, 0.1) is 0 Å². The molecule has 0 aliphatic heterocycles. The molecule has 2 aromatic carbocycles. The second-order valence-corrected chi connectivity index (χ2v) is 6.29. The molecule has 0 spiro atoms. The quantitative estimate of drug-likeness (QED) is 0.374. The van der Waals surface area contributed by atoms with Gasteiger partial charge in [0.1, 0.15) is 17.0 Å². The van der Waals surface area contributed by atoms with Gasteiger partial charge in [-0.25, -0.2) is 9.78 Å². The van der Waals surface area contributed by atoms with Crippen LogP contribution in [-0.4, -0.2) is 28.5 Å². The van der Waals surface area contributed by atoms with Crippen LogP contribution >= 0.6 is 15.9 Å². The summed E-state index contributed by atoms with van der Waals surface area (Å²) in [4.78, 5) is 28.5. The molecule has 0 saturated carbocycles. The number of fused-ring (bicyclic) bond motifs is 1. The van der Waals surface area contributed by atoms with Crippen molar-refractivity contribution in [2.24, 2.45) is 0 Å². The van der Waals surface area contributed by atoms with Crippen molar-refractivity contribution in [1.82, 2.24) is 4.98 Å². The molecule has 1 aromatic heterocycles. The van der Waals surface area contributed by atoms with Gasteiger partial charge < -0.3 is 19.0 Å². The number of hydrogen-bond donors (Lipinski definition) is 1. The molecule has 8 heteroatoms. The zero-order valence-electron chi connectivity index (χ0n) is 14.6. The predicted molar refractivity (Wildman–Crippen MR) is 102 cm³/mol. The summed E-state index contributed by atoms with van der Waals surface area (Å²) in [5.41, 5.74) is 0.296. The van der Waals surface area contributed by atoms with Gasteiger partial charge in [-0.15, -0.1) is 0 Å². The first-order valence-electron chi connectivity index (χ1n) is 7.99. The lowest BCUT2D eigenvalue weighted by atomic mass is 10.0. The van der Waals surface area contributed by atoms with Gasteiger partial charge in [-0.2, -0.15) is 0 Å². The predicted octanol–water partition coefficient (Wildman–Crippen LogP) is 3.22. The van der Waals surface area contributed by atoms with E-state index in [2.05, 4.69) is 20.9 Å². The fourth-order valence-electron chi connectivity index (χ4n) is 2.70. The molecular weight excluding hydrogens is 418 g/mol. The lowest BCUT2D eigenvalue weighted by molar-refractivity contribution is -0.131. The molecular formula is C19H16BrNO6. The maximum atomic E-state index is 12.7. The molecule has 1 unspecified atom stereocenters. The number of esters is 1. The first kappa shape index (κ1) is 19.1. The summed E-state index contributed by atoms with van der Waals surface area (Å²) in [5, 5.41) is 10.6. The number of aromatic nitrogens is 1. The largest absolute Gasteiger partial charge is 0.494 e. The van der Waals surface area contributed by atoms with Crippen LogP contribution in [0.2, 0.25) is 0 Å². The highest BCUT2D eigenvalue weighted by molar-refractivity contribution is 9.09. The molecule has 3 rings (SSSR count). The maximum absolute atomic E-state index is 12.7. The Balaban J connectivity index is 2.30. The molecule has 0 radical (unpaired) electrons. The molecule has 1 heterocycles. The monoisotopic (exact) mass is 433 g/mol. The van der Waals surface area contributed by atoms with Crippen molar-refractivity contribution < 1.29 is 23.8 Å². The summed E-state index contributed by atoms with van der Waals surface area (Å²) in [6, 6.07) is 9.81. The number of carbonyl (C=O) groups excluding carboxylic acids is 1. The molecule has 0 bridgehead atoms. The van der Waals surface area contributed by atoms with E-state index in [-0.39, 0.29) is 27.9 Å². The molecule has 1 atom stereocenters. The zero-order chi connectivity index (χ0) is 19.6. The number of nitrogens with zero attached hydrogens (tertiary/aromatic N) is 1. The number of alkyl halides is 1. The van der Waals surface area contributed by atoms with Crippen molar-refractivity contribution in [2.75, 3.05) is 12.4 Å².